The van der Waals surface area contributed by atoms with Crippen LogP contribution in [0.25, 0.3) is 0 Å². The second kappa shape index (κ2) is 8.84. The van der Waals surface area contributed by atoms with E-state index in [9.17, 15) is 13.2 Å². The van der Waals surface area contributed by atoms with Crippen molar-refractivity contribution in [1.82, 2.24) is 14.6 Å². The summed E-state index contributed by atoms with van der Waals surface area (Å²) in [7, 11) is -4.04. The molecule has 0 unspecified atom stereocenters. The molecule has 3 atom stereocenters. The summed E-state index contributed by atoms with van der Waals surface area (Å²) in [5.74, 6) is -5.22. The van der Waals surface area contributed by atoms with Crippen molar-refractivity contribution < 1.29 is 31.1 Å². The van der Waals surface area contributed by atoms with Gasteiger partial charge >= 0.3 is 0 Å². The standard InChI is InChI=1S/C23H26F3N3O4S/c1-4-34(31,32)28-21-18-11-16-7-5-6-15(20(16)24)10-17-13(2)8-9-19(27-17)33-14(3)22(30)29(18)12-23(21,25)26/h5-9,14,18,21,28H,4,10-12H2,1-3H3/t14-,18-,21+/m0/s1. The average molecular weight is 498 g/mol. The third kappa shape index (κ3) is 4.63. The number of nitrogens with zero attached hydrogens (tertiary/aromatic N) is 2. The van der Waals surface area contributed by atoms with Gasteiger partial charge in [0.1, 0.15) is 11.9 Å². The SMILES string of the molecule is CCS(=O)(=O)N[C@@H]1[C@@H]2Cc3cccc(c3F)Cc3nc(ccc3C)O[C@@H](C)C(=O)N2CC1(F)F. The molecule has 34 heavy (non-hydrogen) atoms. The minimum absolute atomic E-state index is 0.111. The van der Waals surface area contributed by atoms with Gasteiger partial charge in [-0.2, -0.15) is 0 Å². The van der Waals surface area contributed by atoms with Gasteiger partial charge in [-0.05, 0) is 43.9 Å². The van der Waals surface area contributed by atoms with Crippen molar-refractivity contribution in [3.63, 3.8) is 0 Å². The van der Waals surface area contributed by atoms with E-state index in [1.807, 2.05) is 11.6 Å². The minimum atomic E-state index is -4.04. The predicted octanol–water partition coefficient (Wildman–Crippen LogP) is 2.60. The molecule has 1 N–H and O–H groups in total. The van der Waals surface area contributed by atoms with E-state index in [0.717, 1.165) is 10.5 Å². The smallest absolute Gasteiger partial charge is 0.283 e. The van der Waals surface area contributed by atoms with Crippen molar-refractivity contribution in [2.75, 3.05) is 12.3 Å². The summed E-state index contributed by atoms with van der Waals surface area (Å²) in [5.41, 5.74) is 1.79. The zero-order valence-corrected chi connectivity index (χ0v) is 19.8. The van der Waals surface area contributed by atoms with Crippen molar-refractivity contribution in [1.29, 1.82) is 0 Å². The van der Waals surface area contributed by atoms with Gasteiger partial charge in [0.15, 0.2) is 6.10 Å². The molecule has 11 heteroatoms. The lowest BCUT2D eigenvalue weighted by molar-refractivity contribution is -0.140. The van der Waals surface area contributed by atoms with Gasteiger partial charge in [0, 0.05) is 12.5 Å². The number of sulfonamides is 1. The maximum absolute atomic E-state index is 15.5. The first-order chi connectivity index (χ1) is 15.9. The van der Waals surface area contributed by atoms with Crippen molar-refractivity contribution in [3.8, 4) is 5.88 Å². The summed E-state index contributed by atoms with van der Waals surface area (Å²) in [6.45, 7) is 3.55. The zero-order chi connectivity index (χ0) is 24.8. The summed E-state index contributed by atoms with van der Waals surface area (Å²) in [5, 5.41) is 0. The highest BCUT2D eigenvalue weighted by Crippen LogP contribution is 2.36. The van der Waals surface area contributed by atoms with Crippen molar-refractivity contribution >= 4 is 15.9 Å². The van der Waals surface area contributed by atoms with Crippen LogP contribution in [0.3, 0.4) is 0 Å². The molecule has 0 spiro atoms. The Bertz CT molecular complexity index is 1220. The third-order valence-electron chi connectivity index (χ3n) is 6.36. The largest absolute Gasteiger partial charge is 0.465 e. The van der Waals surface area contributed by atoms with Crippen LogP contribution in [0.5, 0.6) is 5.88 Å². The van der Waals surface area contributed by atoms with E-state index in [1.165, 1.54) is 19.9 Å². The molecule has 1 aromatic heterocycles. The Hall–Kier alpha value is -2.66. The first-order valence-electron chi connectivity index (χ1n) is 11.0. The maximum atomic E-state index is 15.5. The molecule has 2 aliphatic heterocycles. The number of fused-ring (bicyclic) bond motifs is 5. The lowest BCUT2D eigenvalue weighted by atomic mass is 9.95. The number of hydrogen-bond acceptors (Lipinski definition) is 5. The monoisotopic (exact) mass is 497 g/mol. The van der Waals surface area contributed by atoms with Crippen LogP contribution in [0.2, 0.25) is 0 Å². The number of hydrogen-bond donors (Lipinski definition) is 1. The molecule has 7 nitrogen and oxygen atoms in total. The number of carbonyl (C=O) groups is 1. The van der Waals surface area contributed by atoms with Gasteiger partial charge < -0.3 is 9.64 Å². The van der Waals surface area contributed by atoms with E-state index in [-0.39, 0.29) is 24.3 Å². The molecular weight excluding hydrogens is 471 g/mol. The van der Waals surface area contributed by atoms with Crippen molar-refractivity contribution in [3.05, 3.63) is 58.5 Å². The lowest BCUT2D eigenvalue weighted by Crippen LogP contribution is -2.53. The number of alkyl halides is 2. The minimum Gasteiger partial charge on any atom is -0.465 e. The van der Waals surface area contributed by atoms with Crippen LogP contribution in [0.4, 0.5) is 13.2 Å². The van der Waals surface area contributed by atoms with Crippen molar-refractivity contribution in [2.45, 2.75) is 57.7 Å². The van der Waals surface area contributed by atoms with Crippen LogP contribution in [-0.2, 0) is 27.7 Å². The molecule has 1 fully saturated rings. The van der Waals surface area contributed by atoms with Crippen LogP contribution < -0.4 is 9.46 Å². The number of ether oxygens (including phenoxy) is 1. The Morgan fingerprint density at radius 2 is 1.94 bits per heavy atom. The first-order valence-corrected chi connectivity index (χ1v) is 12.6. The first kappa shape index (κ1) is 24.5. The quantitative estimate of drug-likeness (QED) is 0.705. The topological polar surface area (TPSA) is 88.6 Å². The number of rotatable bonds is 3. The normalized spacial score (nSPS) is 24.5. The number of amides is 1. The average Bonchev–Trinajstić information content (AvgIpc) is 3.01. The van der Waals surface area contributed by atoms with Gasteiger partial charge in [0.25, 0.3) is 11.8 Å². The van der Waals surface area contributed by atoms with Gasteiger partial charge in [-0.1, -0.05) is 24.3 Å². The van der Waals surface area contributed by atoms with Crippen LogP contribution in [0.15, 0.2) is 30.3 Å². The number of benzene rings is 1. The van der Waals surface area contributed by atoms with Gasteiger partial charge in [0.2, 0.25) is 15.9 Å². The summed E-state index contributed by atoms with van der Waals surface area (Å²) >= 11 is 0. The predicted molar refractivity (Wildman–Crippen MR) is 119 cm³/mol. The molecule has 1 amide bonds. The molecule has 4 bridgehead atoms. The molecule has 1 aromatic carbocycles. The van der Waals surface area contributed by atoms with E-state index < -0.39 is 58.2 Å². The Morgan fingerprint density at radius 3 is 2.65 bits per heavy atom. The van der Waals surface area contributed by atoms with E-state index in [1.54, 1.807) is 24.3 Å². The Labute approximate surface area is 196 Å². The fourth-order valence-electron chi connectivity index (χ4n) is 4.41. The second-order valence-electron chi connectivity index (χ2n) is 8.74. The lowest BCUT2D eigenvalue weighted by Gasteiger charge is -2.30. The van der Waals surface area contributed by atoms with E-state index in [2.05, 4.69) is 4.98 Å². The van der Waals surface area contributed by atoms with Gasteiger partial charge in [0.05, 0.1) is 24.0 Å². The molecule has 0 saturated carbocycles. The van der Waals surface area contributed by atoms with Gasteiger partial charge in [-0.3, -0.25) is 4.79 Å². The Morgan fingerprint density at radius 1 is 1.24 bits per heavy atom. The fourth-order valence-corrected chi connectivity index (χ4v) is 5.29. The molecule has 184 valence electrons. The van der Waals surface area contributed by atoms with Gasteiger partial charge in [-0.15, -0.1) is 0 Å². The van der Waals surface area contributed by atoms with E-state index in [4.69, 9.17) is 4.74 Å². The van der Waals surface area contributed by atoms with Crippen LogP contribution in [-0.4, -0.2) is 60.6 Å². The molecule has 4 rings (SSSR count). The summed E-state index contributed by atoms with van der Waals surface area (Å²) in [4.78, 5) is 18.5. The van der Waals surface area contributed by atoms with Crippen LogP contribution >= 0.6 is 0 Å². The molecular formula is C23H26F3N3O4S. The highest BCUT2D eigenvalue weighted by atomic mass is 32.2. The summed E-state index contributed by atoms with van der Waals surface area (Å²) in [6, 6.07) is 4.71. The van der Waals surface area contributed by atoms with Gasteiger partial charge in [-0.25, -0.2) is 31.3 Å². The number of nitrogens with one attached hydrogen (secondary N) is 1. The number of aromatic nitrogens is 1. The molecule has 0 aliphatic carbocycles. The molecule has 3 heterocycles. The number of aryl methyl sites for hydroxylation is 1. The molecule has 0 radical (unpaired) electrons. The third-order valence-corrected chi connectivity index (χ3v) is 7.73. The zero-order valence-electron chi connectivity index (χ0n) is 19.0. The second-order valence-corrected chi connectivity index (χ2v) is 10.8. The fraction of sp³-hybridized carbons (Fsp3) is 0.478. The highest BCUT2D eigenvalue weighted by molar-refractivity contribution is 7.89. The summed E-state index contributed by atoms with van der Waals surface area (Å²) < 4.78 is 77.8. The van der Waals surface area contributed by atoms with E-state index in [0.29, 0.717) is 11.3 Å². The highest BCUT2D eigenvalue weighted by Gasteiger charge is 2.57. The molecule has 1 saturated heterocycles. The summed E-state index contributed by atoms with van der Waals surface area (Å²) in [6.07, 6.45) is -1.33. The van der Waals surface area contributed by atoms with Crippen molar-refractivity contribution in [2.24, 2.45) is 0 Å². The molecule has 2 aliphatic rings. The Balaban J connectivity index is 1.84. The number of pyridine rings is 1. The number of carbonyl (C=O) groups excluding carboxylic acids is 1. The Kier molecular flexibility index (Phi) is 6.36. The number of halogens is 3. The molecule has 2 aromatic rings. The van der Waals surface area contributed by atoms with Crippen LogP contribution in [0.1, 0.15) is 36.2 Å². The van der Waals surface area contributed by atoms with Crippen LogP contribution in [0, 0.1) is 12.7 Å². The maximum Gasteiger partial charge on any atom is 0.283 e. The van der Waals surface area contributed by atoms with E-state index >= 15 is 13.2 Å².